The lowest BCUT2D eigenvalue weighted by Crippen LogP contribution is -2.36. The smallest absolute Gasteiger partial charge is 0.191 e. The van der Waals surface area contributed by atoms with E-state index < -0.39 is 0 Å². The van der Waals surface area contributed by atoms with Crippen molar-refractivity contribution in [2.75, 3.05) is 20.3 Å². The Labute approximate surface area is 177 Å². The molecule has 0 unspecified atom stereocenters. The molecule has 0 aliphatic carbocycles. The second-order valence-electron chi connectivity index (χ2n) is 5.60. The van der Waals surface area contributed by atoms with E-state index in [4.69, 9.17) is 9.47 Å². The van der Waals surface area contributed by atoms with Gasteiger partial charge in [-0.3, -0.25) is 0 Å². The van der Waals surface area contributed by atoms with Gasteiger partial charge in [0.15, 0.2) is 17.5 Å². The summed E-state index contributed by atoms with van der Waals surface area (Å²) in [5.74, 6) is 1.85. The van der Waals surface area contributed by atoms with Crippen LogP contribution >= 0.6 is 24.0 Å². The molecule has 0 bridgehead atoms. The van der Waals surface area contributed by atoms with Gasteiger partial charge in [-0.15, -0.1) is 24.0 Å². The van der Waals surface area contributed by atoms with Crippen molar-refractivity contribution >= 4 is 29.9 Å². The number of guanidine groups is 1. The van der Waals surface area contributed by atoms with Crippen molar-refractivity contribution < 1.29 is 13.9 Å². The SMILES string of the molecule is CCNC(=NCc1cccc(F)c1)NCc1ccc(OC)c(OCC)c1.I. The monoisotopic (exact) mass is 487 g/mol. The Morgan fingerprint density at radius 2 is 1.85 bits per heavy atom. The van der Waals surface area contributed by atoms with Crippen LogP contribution in [0.1, 0.15) is 25.0 Å². The molecule has 0 spiro atoms. The third-order valence-electron chi connectivity index (χ3n) is 3.64. The first-order chi connectivity index (χ1) is 12.7. The summed E-state index contributed by atoms with van der Waals surface area (Å²) in [5, 5.41) is 6.47. The average molecular weight is 487 g/mol. The third-order valence-corrected chi connectivity index (χ3v) is 3.64. The molecule has 2 aromatic rings. The van der Waals surface area contributed by atoms with Gasteiger partial charge >= 0.3 is 0 Å². The van der Waals surface area contributed by atoms with Crippen LogP contribution in [-0.4, -0.2) is 26.2 Å². The van der Waals surface area contributed by atoms with E-state index in [1.807, 2.05) is 38.1 Å². The van der Waals surface area contributed by atoms with Crippen molar-refractivity contribution in [3.05, 3.63) is 59.4 Å². The molecule has 2 N–H and O–H groups in total. The first kappa shape index (κ1) is 23.0. The Morgan fingerprint density at radius 1 is 1.04 bits per heavy atom. The molecular weight excluding hydrogens is 460 g/mol. The summed E-state index contributed by atoms with van der Waals surface area (Å²) in [6, 6.07) is 12.3. The van der Waals surface area contributed by atoms with Gasteiger partial charge in [0.05, 0.1) is 20.3 Å². The zero-order valence-corrected chi connectivity index (χ0v) is 18.3. The van der Waals surface area contributed by atoms with E-state index in [1.165, 1.54) is 12.1 Å². The second kappa shape index (κ2) is 12.4. The highest BCUT2D eigenvalue weighted by Gasteiger charge is 2.06. The summed E-state index contributed by atoms with van der Waals surface area (Å²) in [5.41, 5.74) is 1.87. The van der Waals surface area contributed by atoms with Crippen molar-refractivity contribution in [3.8, 4) is 11.5 Å². The van der Waals surface area contributed by atoms with E-state index in [0.717, 1.165) is 23.4 Å². The lowest BCUT2D eigenvalue weighted by atomic mass is 10.2. The summed E-state index contributed by atoms with van der Waals surface area (Å²) in [6.45, 7) is 6.23. The van der Waals surface area contributed by atoms with Crippen LogP contribution in [0.3, 0.4) is 0 Å². The fraction of sp³-hybridized carbons (Fsp3) is 0.350. The molecule has 0 aromatic heterocycles. The van der Waals surface area contributed by atoms with Gasteiger partial charge in [-0.1, -0.05) is 18.2 Å². The number of aliphatic imine (C=N–C) groups is 1. The van der Waals surface area contributed by atoms with Crippen molar-refractivity contribution in [3.63, 3.8) is 0 Å². The normalized spacial score (nSPS) is 10.7. The van der Waals surface area contributed by atoms with Gasteiger partial charge in [0.1, 0.15) is 5.82 Å². The fourth-order valence-corrected chi connectivity index (χ4v) is 2.43. The number of nitrogens with one attached hydrogen (secondary N) is 2. The fourth-order valence-electron chi connectivity index (χ4n) is 2.43. The molecule has 5 nitrogen and oxygen atoms in total. The standard InChI is InChI=1S/C20H26FN3O2.HI/c1-4-22-20(23-13-15-7-6-8-17(21)11-15)24-14-16-9-10-18(25-3)19(12-16)26-5-2;/h6-12H,4-5,13-14H2,1-3H3,(H2,22,23,24);1H. The highest BCUT2D eigenvalue weighted by Crippen LogP contribution is 2.27. The molecule has 0 saturated heterocycles. The van der Waals surface area contributed by atoms with Crippen LogP contribution in [0.4, 0.5) is 4.39 Å². The van der Waals surface area contributed by atoms with Gasteiger partial charge < -0.3 is 20.1 Å². The number of hydrogen-bond donors (Lipinski definition) is 2. The van der Waals surface area contributed by atoms with E-state index in [2.05, 4.69) is 15.6 Å². The zero-order valence-electron chi connectivity index (χ0n) is 15.9. The first-order valence-electron chi connectivity index (χ1n) is 8.72. The highest BCUT2D eigenvalue weighted by molar-refractivity contribution is 14.0. The minimum atomic E-state index is -0.252. The highest BCUT2D eigenvalue weighted by atomic mass is 127. The Morgan fingerprint density at radius 3 is 2.52 bits per heavy atom. The number of nitrogens with zero attached hydrogens (tertiary/aromatic N) is 1. The number of methoxy groups -OCH3 is 1. The van der Waals surface area contributed by atoms with Crippen LogP contribution in [0.2, 0.25) is 0 Å². The molecule has 0 atom stereocenters. The molecular formula is C20H27FIN3O2. The second-order valence-corrected chi connectivity index (χ2v) is 5.60. The van der Waals surface area contributed by atoms with Crippen LogP contribution in [0, 0.1) is 5.82 Å². The average Bonchev–Trinajstić information content (AvgIpc) is 2.64. The minimum Gasteiger partial charge on any atom is -0.493 e. The van der Waals surface area contributed by atoms with Crippen LogP contribution in [-0.2, 0) is 13.1 Å². The van der Waals surface area contributed by atoms with Crippen molar-refractivity contribution in [1.82, 2.24) is 10.6 Å². The van der Waals surface area contributed by atoms with Crippen LogP contribution in [0.15, 0.2) is 47.5 Å². The summed E-state index contributed by atoms with van der Waals surface area (Å²) < 4.78 is 24.2. The van der Waals surface area contributed by atoms with E-state index >= 15 is 0 Å². The molecule has 148 valence electrons. The number of rotatable bonds is 8. The molecule has 0 aliphatic rings. The van der Waals surface area contributed by atoms with Gasteiger partial charge in [-0.25, -0.2) is 9.38 Å². The number of hydrogen-bond acceptors (Lipinski definition) is 3. The van der Waals surface area contributed by atoms with Crippen molar-refractivity contribution in [2.24, 2.45) is 4.99 Å². The molecule has 0 radical (unpaired) electrons. The zero-order chi connectivity index (χ0) is 18.8. The predicted molar refractivity (Wildman–Crippen MR) is 118 cm³/mol. The molecule has 0 heterocycles. The lowest BCUT2D eigenvalue weighted by molar-refractivity contribution is 0.310. The quantitative estimate of drug-likeness (QED) is 0.335. The molecule has 0 amide bonds. The number of halogens is 2. The third kappa shape index (κ3) is 7.62. The van der Waals surface area contributed by atoms with Crippen LogP contribution in [0.5, 0.6) is 11.5 Å². The van der Waals surface area contributed by atoms with E-state index in [9.17, 15) is 4.39 Å². The summed E-state index contributed by atoms with van der Waals surface area (Å²) in [6.07, 6.45) is 0. The molecule has 0 saturated carbocycles. The van der Waals surface area contributed by atoms with Crippen molar-refractivity contribution in [2.45, 2.75) is 26.9 Å². The molecule has 2 rings (SSSR count). The Kier molecular flexibility index (Phi) is 10.5. The maximum Gasteiger partial charge on any atom is 0.191 e. The van der Waals surface area contributed by atoms with Crippen LogP contribution < -0.4 is 20.1 Å². The first-order valence-corrected chi connectivity index (χ1v) is 8.72. The largest absolute Gasteiger partial charge is 0.493 e. The van der Waals surface area contributed by atoms with Crippen LogP contribution in [0.25, 0.3) is 0 Å². The molecule has 0 aliphatic heterocycles. The van der Waals surface area contributed by atoms with Gasteiger partial charge in [-0.05, 0) is 49.2 Å². The Hall–Kier alpha value is -2.03. The van der Waals surface area contributed by atoms with Gasteiger partial charge in [0.2, 0.25) is 0 Å². The van der Waals surface area contributed by atoms with E-state index in [1.54, 1.807) is 13.2 Å². The predicted octanol–water partition coefficient (Wildman–Crippen LogP) is 4.11. The maximum absolute atomic E-state index is 13.3. The summed E-state index contributed by atoms with van der Waals surface area (Å²) in [4.78, 5) is 4.50. The van der Waals surface area contributed by atoms with E-state index in [0.29, 0.717) is 31.4 Å². The Balaban J connectivity index is 0.00000364. The topological polar surface area (TPSA) is 54.9 Å². The minimum absolute atomic E-state index is 0. The van der Waals surface area contributed by atoms with Crippen molar-refractivity contribution in [1.29, 1.82) is 0 Å². The van der Waals surface area contributed by atoms with Gasteiger partial charge in [0.25, 0.3) is 0 Å². The molecule has 27 heavy (non-hydrogen) atoms. The number of ether oxygens (including phenoxy) is 2. The summed E-state index contributed by atoms with van der Waals surface area (Å²) >= 11 is 0. The molecule has 0 fully saturated rings. The van der Waals surface area contributed by atoms with E-state index in [-0.39, 0.29) is 29.8 Å². The van der Waals surface area contributed by atoms with Gasteiger partial charge in [0, 0.05) is 13.1 Å². The molecule has 7 heteroatoms. The lowest BCUT2D eigenvalue weighted by Gasteiger charge is -2.14. The molecule has 2 aromatic carbocycles. The van der Waals surface area contributed by atoms with Gasteiger partial charge in [-0.2, -0.15) is 0 Å². The Bertz CT molecular complexity index is 741. The summed E-state index contributed by atoms with van der Waals surface area (Å²) in [7, 11) is 1.62. The number of benzene rings is 2. The maximum atomic E-state index is 13.3.